The molecule has 94 valence electrons. The molecule has 3 rings (SSSR count). The van der Waals surface area contributed by atoms with Crippen molar-refractivity contribution in [2.75, 3.05) is 0 Å². The van der Waals surface area contributed by atoms with Crippen molar-refractivity contribution in [1.82, 2.24) is 0 Å². The predicted octanol–water partition coefficient (Wildman–Crippen LogP) is 5.04. The number of hydrogen-bond donors (Lipinski definition) is 0. The van der Waals surface area contributed by atoms with Crippen molar-refractivity contribution in [3.05, 3.63) is 97.1 Å². The van der Waals surface area contributed by atoms with Crippen LogP contribution in [0.15, 0.2) is 97.1 Å². The van der Waals surface area contributed by atoms with Gasteiger partial charge in [-0.25, -0.2) is 0 Å². The molecule has 19 heavy (non-hydrogen) atoms. The second-order valence-electron chi connectivity index (χ2n) is 3.89. The van der Waals surface area contributed by atoms with E-state index in [1.54, 1.807) is 0 Å². The van der Waals surface area contributed by atoms with E-state index in [4.69, 9.17) is 0 Å². The van der Waals surface area contributed by atoms with Gasteiger partial charge in [-0.1, -0.05) is 97.1 Å². The molecular weight excluding hydrogens is 268 g/mol. The van der Waals surface area contributed by atoms with Crippen molar-refractivity contribution in [2.45, 2.75) is 0 Å². The molecule has 0 spiro atoms. The van der Waals surface area contributed by atoms with Crippen LogP contribution in [-0.4, -0.2) is 0 Å². The van der Waals surface area contributed by atoms with E-state index in [-0.39, 0.29) is 17.4 Å². The molecule has 0 saturated heterocycles. The van der Waals surface area contributed by atoms with Gasteiger partial charge in [0.15, 0.2) is 0 Å². The van der Waals surface area contributed by atoms with Crippen LogP contribution in [0.3, 0.4) is 0 Å². The summed E-state index contributed by atoms with van der Waals surface area (Å²) in [5, 5.41) is 0. The molecule has 0 aromatic heterocycles. The van der Waals surface area contributed by atoms with Gasteiger partial charge in [0, 0.05) is 17.4 Å². The summed E-state index contributed by atoms with van der Waals surface area (Å²) in [5.41, 5.74) is 2.55. The van der Waals surface area contributed by atoms with E-state index in [1.165, 1.54) is 11.1 Å². The Hall–Kier alpha value is -1.81. The fraction of sp³-hybridized carbons (Fsp3) is 0. The van der Waals surface area contributed by atoms with Crippen LogP contribution in [0.1, 0.15) is 0 Å². The zero-order valence-corrected chi connectivity index (χ0v) is 11.9. The Morgan fingerprint density at radius 2 is 0.526 bits per heavy atom. The molecule has 1 heteroatoms. The van der Waals surface area contributed by atoms with Crippen molar-refractivity contribution in [3.8, 4) is 11.1 Å². The number of benzene rings is 3. The van der Waals surface area contributed by atoms with Gasteiger partial charge in [-0.15, -0.1) is 0 Å². The Labute approximate surface area is 125 Å². The zero-order chi connectivity index (χ0) is 12.5. The maximum Gasteiger partial charge on any atom is 0 e. The average molecular weight is 284 g/mol. The SMILES string of the molecule is [Cr].c1ccc(-c2ccccc2)cc1.c1ccccc1. The molecule has 0 aliphatic heterocycles. The third kappa shape index (κ3) is 5.57. The molecule has 0 fully saturated rings. The summed E-state index contributed by atoms with van der Waals surface area (Å²) in [6.45, 7) is 0. The maximum atomic E-state index is 2.12. The second-order valence-corrected chi connectivity index (χ2v) is 3.89. The minimum absolute atomic E-state index is 0. The van der Waals surface area contributed by atoms with E-state index in [9.17, 15) is 0 Å². The van der Waals surface area contributed by atoms with Crippen LogP contribution in [-0.2, 0) is 17.4 Å². The second kappa shape index (κ2) is 9.17. The number of rotatable bonds is 1. The third-order valence-corrected chi connectivity index (χ3v) is 2.55. The van der Waals surface area contributed by atoms with Crippen LogP contribution in [0, 0.1) is 0 Å². The van der Waals surface area contributed by atoms with Gasteiger partial charge < -0.3 is 0 Å². The molecule has 0 N–H and O–H groups in total. The van der Waals surface area contributed by atoms with E-state index < -0.39 is 0 Å². The summed E-state index contributed by atoms with van der Waals surface area (Å²) < 4.78 is 0. The first-order valence-electron chi connectivity index (χ1n) is 6.07. The van der Waals surface area contributed by atoms with Crippen molar-refractivity contribution < 1.29 is 17.4 Å². The van der Waals surface area contributed by atoms with E-state index in [1.807, 2.05) is 48.5 Å². The molecule has 0 aliphatic rings. The van der Waals surface area contributed by atoms with Crippen molar-refractivity contribution in [2.24, 2.45) is 0 Å². The van der Waals surface area contributed by atoms with E-state index in [0.717, 1.165) is 0 Å². The molecule has 0 amide bonds. The van der Waals surface area contributed by atoms with Gasteiger partial charge in [-0.2, -0.15) is 0 Å². The molecule has 0 aliphatic carbocycles. The number of hydrogen-bond acceptors (Lipinski definition) is 0. The van der Waals surface area contributed by atoms with Gasteiger partial charge in [-0.3, -0.25) is 0 Å². The first-order valence-corrected chi connectivity index (χ1v) is 6.07. The van der Waals surface area contributed by atoms with Crippen LogP contribution in [0.25, 0.3) is 11.1 Å². The largest absolute Gasteiger partial charge is 0.0623 e. The first kappa shape index (κ1) is 15.3. The Bertz CT molecular complexity index is 468. The molecule has 3 aromatic carbocycles. The van der Waals surface area contributed by atoms with Gasteiger partial charge in [0.05, 0.1) is 0 Å². The quantitative estimate of drug-likeness (QED) is 0.587. The molecule has 0 nitrogen and oxygen atoms in total. The topological polar surface area (TPSA) is 0 Å². The van der Waals surface area contributed by atoms with Crippen LogP contribution in [0.5, 0.6) is 0 Å². The third-order valence-electron chi connectivity index (χ3n) is 2.55. The zero-order valence-electron chi connectivity index (χ0n) is 10.6. The van der Waals surface area contributed by atoms with Crippen LogP contribution >= 0.6 is 0 Å². The van der Waals surface area contributed by atoms with Crippen molar-refractivity contribution in [1.29, 1.82) is 0 Å². The van der Waals surface area contributed by atoms with E-state index >= 15 is 0 Å². The summed E-state index contributed by atoms with van der Waals surface area (Å²) in [7, 11) is 0. The van der Waals surface area contributed by atoms with E-state index in [0.29, 0.717) is 0 Å². The van der Waals surface area contributed by atoms with Gasteiger partial charge in [-0.05, 0) is 11.1 Å². The Kier molecular flexibility index (Phi) is 7.36. The summed E-state index contributed by atoms with van der Waals surface area (Å²) in [4.78, 5) is 0. The summed E-state index contributed by atoms with van der Waals surface area (Å²) in [6.07, 6.45) is 0. The average Bonchev–Trinajstić information content (AvgIpc) is 2.51. The molecule has 3 aromatic rings. The predicted molar refractivity (Wildman–Crippen MR) is 78.3 cm³/mol. The molecule has 0 radical (unpaired) electrons. The van der Waals surface area contributed by atoms with Gasteiger partial charge >= 0.3 is 0 Å². The molecule has 0 unspecified atom stereocenters. The Morgan fingerprint density at radius 3 is 0.789 bits per heavy atom. The Balaban J connectivity index is 0.000000220. The van der Waals surface area contributed by atoms with Gasteiger partial charge in [0.25, 0.3) is 0 Å². The van der Waals surface area contributed by atoms with E-state index in [2.05, 4.69) is 48.5 Å². The smallest absolute Gasteiger partial charge is 0 e. The molecular formula is C18H16Cr. The van der Waals surface area contributed by atoms with Crippen LogP contribution in [0.2, 0.25) is 0 Å². The van der Waals surface area contributed by atoms with Crippen LogP contribution in [0.4, 0.5) is 0 Å². The van der Waals surface area contributed by atoms with Gasteiger partial charge in [0.2, 0.25) is 0 Å². The molecule has 0 bridgehead atoms. The monoisotopic (exact) mass is 284 g/mol. The fourth-order valence-corrected chi connectivity index (χ4v) is 1.65. The molecule has 0 atom stereocenters. The summed E-state index contributed by atoms with van der Waals surface area (Å²) in [5.74, 6) is 0. The maximum absolute atomic E-state index is 2.12. The minimum Gasteiger partial charge on any atom is -0.0623 e. The normalized spacial score (nSPS) is 8.63. The standard InChI is InChI=1S/C12H10.C6H6.Cr/c1-3-7-11(8-4-1)12-9-5-2-6-10-12;1-2-4-6-5-3-1;/h1-10H;1-6H;. The van der Waals surface area contributed by atoms with Gasteiger partial charge in [0.1, 0.15) is 0 Å². The Morgan fingerprint density at radius 1 is 0.316 bits per heavy atom. The molecule has 0 heterocycles. The first-order chi connectivity index (χ1) is 8.97. The summed E-state index contributed by atoms with van der Waals surface area (Å²) in [6, 6.07) is 32.8. The fourth-order valence-electron chi connectivity index (χ4n) is 1.65. The molecule has 0 saturated carbocycles. The van der Waals surface area contributed by atoms with Crippen LogP contribution < -0.4 is 0 Å². The van der Waals surface area contributed by atoms with Crippen molar-refractivity contribution in [3.63, 3.8) is 0 Å². The van der Waals surface area contributed by atoms with Crippen molar-refractivity contribution >= 4 is 0 Å². The summed E-state index contributed by atoms with van der Waals surface area (Å²) >= 11 is 0. The minimum atomic E-state index is 0.